The second-order valence-electron chi connectivity index (χ2n) is 3.71. The number of aryl methyl sites for hydroxylation is 1. The molecule has 1 heterocycles. The van der Waals surface area contributed by atoms with Gasteiger partial charge in [0, 0.05) is 12.5 Å². The minimum atomic E-state index is -0.861. The van der Waals surface area contributed by atoms with Crippen molar-refractivity contribution in [3.8, 4) is 0 Å². The Morgan fingerprint density at radius 3 is 2.82 bits per heavy atom. The lowest BCUT2D eigenvalue weighted by atomic mass is 10.2. The fourth-order valence-electron chi connectivity index (χ4n) is 1.31. The second-order valence-corrected chi connectivity index (χ2v) is 4.46. The fourth-order valence-corrected chi connectivity index (χ4v) is 1.97. The van der Waals surface area contributed by atoms with Gasteiger partial charge < -0.3 is 10.4 Å². The first-order valence-corrected chi connectivity index (χ1v) is 6.15. The molecule has 1 aromatic rings. The van der Waals surface area contributed by atoms with Crippen LogP contribution in [0.3, 0.4) is 0 Å². The maximum atomic E-state index is 11.8. The Labute approximate surface area is 103 Å². The van der Waals surface area contributed by atoms with Gasteiger partial charge >= 0.3 is 5.97 Å². The quantitative estimate of drug-likeness (QED) is 0.795. The lowest BCUT2D eigenvalue weighted by Crippen LogP contribution is -2.33. The molecule has 0 aliphatic carbocycles. The molecule has 0 aliphatic heterocycles. The van der Waals surface area contributed by atoms with Crippen molar-refractivity contribution in [2.75, 3.05) is 0 Å². The SMILES string of the molecule is CCc1nnsc1C(=O)NC(C)CCC(=O)O. The molecule has 1 aromatic heterocycles. The van der Waals surface area contributed by atoms with Crippen LogP contribution >= 0.6 is 11.5 Å². The van der Waals surface area contributed by atoms with Gasteiger partial charge in [-0.1, -0.05) is 11.4 Å². The van der Waals surface area contributed by atoms with Gasteiger partial charge in [-0.05, 0) is 31.3 Å². The van der Waals surface area contributed by atoms with Crippen molar-refractivity contribution in [2.24, 2.45) is 0 Å². The molecule has 0 bridgehead atoms. The van der Waals surface area contributed by atoms with E-state index in [1.165, 1.54) is 0 Å². The molecule has 0 radical (unpaired) electrons. The van der Waals surface area contributed by atoms with Crippen LogP contribution in [0.1, 0.15) is 42.1 Å². The van der Waals surface area contributed by atoms with E-state index < -0.39 is 5.97 Å². The highest BCUT2D eigenvalue weighted by Gasteiger charge is 2.17. The maximum Gasteiger partial charge on any atom is 0.303 e. The fraction of sp³-hybridized carbons (Fsp3) is 0.600. The highest BCUT2D eigenvalue weighted by Crippen LogP contribution is 2.11. The number of carbonyl (C=O) groups excluding carboxylic acids is 1. The molecule has 0 aromatic carbocycles. The van der Waals surface area contributed by atoms with Crippen LogP contribution in [0, 0.1) is 0 Å². The van der Waals surface area contributed by atoms with E-state index in [0.29, 0.717) is 23.4 Å². The van der Waals surface area contributed by atoms with Crippen LogP contribution in [-0.4, -0.2) is 32.6 Å². The molecule has 94 valence electrons. The van der Waals surface area contributed by atoms with Crippen molar-refractivity contribution < 1.29 is 14.7 Å². The smallest absolute Gasteiger partial charge is 0.303 e. The summed E-state index contributed by atoms with van der Waals surface area (Å²) < 4.78 is 3.73. The number of carboxylic acid groups (broad SMARTS) is 1. The summed E-state index contributed by atoms with van der Waals surface area (Å²) in [6.07, 6.45) is 1.11. The van der Waals surface area contributed by atoms with E-state index in [2.05, 4.69) is 14.9 Å². The van der Waals surface area contributed by atoms with Gasteiger partial charge in [0.15, 0.2) is 0 Å². The first-order chi connectivity index (χ1) is 8.04. The summed E-state index contributed by atoms with van der Waals surface area (Å²) >= 11 is 1.06. The largest absolute Gasteiger partial charge is 0.481 e. The number of aliphatic carboxylic acids is 1. The van der Waals surface area contributed by atoms with Gasteiger partial charge in [-0.2, -0.15) is 0 Å². The van der Waals surface area contributed by atoms with Gasteiger partial charge in [0.05, 0.1) is 5.69 Å². The van der Waals surface area contributed by atoms with Gasteiger partial charge in [-0.3, -0.25) is 9.59 Å². The van der Waals surface area contributed by atoms with Crippen molar-refractivity contribution in [3.05, 3.63) is 10.6 Å². The van der Waals surface area contributed by atoms with Crippen LogP contribution in [0.5, 0.6) is 0 Å². The third kappa shape index (κ3) is 4.10. The molecule has 0 saturated heterocycles. The predicted molar refractivity (Wildman–Crippen MR) is 63.1 cm³/mol. The molecule has 17 heavy (non-hydrogen) atoms. The van der Waals surface area contributed by atoms with Crippen molar-refractivity contribution in [3.63, 3.8) is 0 Å². The number of amides is 1. The van der Waals surface area contributed by atoms with Crippen LogP contribution in [0.4, 0.5) is 0 Å². The molecular formula is C10H15N3O3S. The summed E-state index contributed by atoms with van der Waals surface area (Å²) in [5, 5.41) is 15.1. The Balaban J connectivity index is 2.51. The van der Waals surface area contributed by atoms with Gasteiger partial charge in [-0.15, -0.1) is 5.10 Å². The monoisotopic (exact) mass is 257 g/mol. The minimum absolute atomic E-state index is 0.0447. The minimum Gasteiger partial charge on any atom is -0.481 e. The zero-order valence-corrected chi connectivity index (χ0v) is 10.6. The molecule has 1 rings (SSSR count). The molecule has 6 nitrogen and oxygen atoms in total. The average molecular weight is 257 g/mol. The summed E-state index contributed by atoms with van der Waals surface area (Å²) in [7, 11) is 0. The van der Waals surface area contributed by atoms with Gasteiger partial charge in [0.25, 0.3) is 5.91 Å². The molecule has 0 aliphatic rings. The Morgan fingerprint density at radius 1 is 1.53 bits per heavy atom. The number of rotatable bonds is 6. The van der Waals surface area contributed by atoms with Crippen LogP contribution in [0.2, 0.25) is 0 Å². The Morgan fingerprint density at radius 2 is 2.24 bits per heavy atom. The Hall–Kier alpha value is -1.50. The molecule has 7 heteroatoms. The number of nitrogens with zero attached hydrogens (tertiary/aromatic N) is 2. The number of carboxylic acids is 1. The lowest BCUT2D eigenvalue weighted by molar-refractivity contribution is -0.137. The molecule has 1 unspecified atom stereocenters. The first-order valence-electron chi connectivity index (χ1n) is 5.38. The van der Waals surface area contributed by atoms with Crippen LogP contribution < -0.4 is 5.32 Å². The predicted octanol–water partition coefficient (Wildman–Crippen LogP) is 1.08. The summed E-state index contributed by atoms with van der Waals surface area (Å²) in [6.45, 7) is 3.68. The first kappa shape index (κ1) is 13.6. The Bertz CT molecular complexity index is 405. The third-order valence-electron chi connectivity index (χ3n) is 2.27. The van der Waals surface area contributed by atoms with Crippen LogP contribution in [-0.2, 0) is 11.2 Å². The zero-order valence-electron chi connectivity index (χ0n) is 9.77. The molecule has 0 saturated carbocycles. The van der Waals surface area contributed by atoms with Crippen molar-refractivity contribution in [1.29, 1.82) is 0 Å². The number of hydrogen-bond donors (Lipinski definition) is 2. The summed E-state index contributed by atoms with van der Waals surface area (Å²) in [4.78, 5) is 22.7. The van der Waals surface area contributed by atoms with E-state index >= 15 is 0 Å². The number of nitrogens with one attached hydrogen (secondary N) is 1. The van der Waals surface area contributed by atoms with Crippen molar-refractivity contribution in [1.82, 2.24) is 14.9 Å². The lowest BCUT2D eigenvalue weighted by Gasteiger charge is -2.11. The maximum absolute atomic E-state index is 11.8. The normalized spacial score (nSPS) is 12.1. The number of hydrogen-bond acceptors (Lipinski definition) is 5. The topological polar surface area (TPSA) is 92.2 Å². The second kappa shape index (κ2) is 6.29. The van der Waals surface area contributed by atoms with Crippen LogP contribution in [0.15, 0.2) is 0 Å². The molecule has 0 spiro atoms. The summed E-state index contributed by atoms with van der Waals surface area (Å²) in [5.41, 5.74) is 0.679. The van der Waals surface area contributed by atoms with E-state index in [4.69, 9.17) is 5.11 Å². The van der Waals surface area contributed by atoms with Crippen molar-refractivity contribution in [2.45, 2.75) is 39.2 Å². The summed E-state index contributed by atoms with van der Waals surface area (Å²) in [5.74, 6) is -1.09. The van der Waals surface area contributed by atoms with Gasteiger partial charge in [0.2, 0.25) is 0 Å². The van der Waals surface area contributed by atoms with Gasteiger partial charge in [0.1, 0.15) is 4.88 Å². The van der Waals surface area contributed by atoms with E-state index in [1.807, 2.05) is 6.92 Å². The molecule has 2 N–H and O–H groups in total. The highest BCUT2D eigenvalue weighted by atomic mass is 32.1. The van der Waals surface area contributed by atoms with E-state index in [-0.39, 0.29) is 18.4 Å². The standard InChI is InChI=1S/C10H15N3O3S/c1-3-7-9(17-13-12-7)10(16)11-6(2)4-5-8(14)15/h6H,3-5H2,1-2H3,(H,11,16)(H,14,15). The van der Waals surface area contributed by atoms with Gasteiger partial charge in [-0.25, -0.2) is 0 Å². The highest BCUT2D eigenvalue weighted by molar-refractivity contribution is 7.08. The number of aromatic nitrogens is 2. The van der Waals surface area contributed by atoms with Crippen molar-refractivity contribution >= 4 is 23.4 Å². The van der Waals surface area contributed by atoms with E-state index in [1.54, 1.807) is 6.92 Å². The molecule has 0 fully saturated rings. The van der Waals surface area contributed by atoms with Crippen LogP contribution in [0.25, 0.3) is 0 Å². The Kier molecular flexibility index (Phi) is 5.02. The van der Waals surface area contributed by atoms with E-state index in [0.717, 1.165) is 11.5 Å². The average Bonchev–Trinajstić information content (AvgIpc) is 2.74. The molecule has 1 amide bonds. The summed E-state index contributed by atoms with van der Waals surface area (Å²) in [6, 6.07) is -0.176. The van der Waals surface area contributed by atoms with E-state index in [9.17, 15) is 9.59 Å². The molecule has 1 atom stereocenters. The zero-order chi connectivity index (χ0) is 12.8. The third-order valence-corrected chi connectivity index (χ3v) is 3.03. The number of carbonyl (C=O) groups is 2. The molecular weight excluding hydrogens is 242 g/mol.